The monoisotopic (exact) mass is 471 g/mol. The fourth-order valence-corrected chi connectivity index (χ4v) is 4.20. The van der Waals surface area contributed by atoms with Crippen LogP contribution in [0, 0.1) is 13.8 Å². The molecule has 3 aromatic carbocycles. The summed E-state index contributed by atoms with van der Waals surface area (Å²) in [6, 6.07) is 16.8. The molecule has 1 unspecified atom stereocenters. The first-order valence-corrected chi connectivity index (χ1v) is 11.2. The Kier molecular flexibility index (Phi) is 6.42. The molecule has 1 amide bonds. The van der Waals surface area contributed by atoms with Gasteiger partial charge in [-0.1, -0.05) is 35.9 Å². The molecule has 7 nitrogen and oxygen atoms in total. The van der Waals surface area contributed by atoms with Crippen LogP contribution < -0.4 is 4.90 Å². The number of amides is 1. The lowest BCUT2D eigenvalue weighted by atomic mass is 9.93. The van der Waals surface area contributed by atoms with E-state index in [1.807, 2.05) is 26.0 Å². The standard InChI is InChI=1S/C28H25NO6/c1-4-35-28(34)19-6-5-7-20(15-19)29-24(18-10-12-21(30)13-11-18)23(26(32)27(29)33)25(31)22-14-16(2)8-9-17(22)3/h5-15,24,30-31H,4H2,1-3H3/b25-23+. The Bertz CT molecular complexity index is 1360. The van der Waals surface area contributed by atoms with Crippen molar-refractivity contribution >= 4 is 29.1 Å². The second kappa shape index (κ2) is 9.46. The molecule has 1 aliphatic rings. The van der Waals surface area contributed by atoms with Crippen LogP contribution in [0.15, 0.2) is 72.3 Å². The summed E-state index contributed by atoms with van der Waals surface area (Å²) < 4.78 is 5.07. The van der Waals surface area contributed by atoms with Gasteiger partial charge >= 0.3 is 5.97 Å². The third-order valence-electron chi connectivity index (χ3n) is 5.94. The SMILES string of the molecule is CCOC(=O)c1cccc(N2C(=O)C(=O)/C(=C(/O)c3cc(C)ccc3C)C2c2ccc(O)cc2)c1. The number of carbonyl (C=O) groups excluding carboxylic acids is 3. The van der Waals surface area contributed by atoms with Crippen LogP contribution in [0.3, 0.4) is 0 Å². The molecule has 1 fully saturated rings. The van der Waals surface area contributed by atoms with E-state index in [-0.39, 0.29) is 29.3 Å². The molecule has 0 radical (unpaired) electrons. The molecular weight excluding hydrogens is 446 g/mol. The Morgan fingerprint density at radius 3 is 2.40 bits per heavy atom. The zero-order valence-corrected chi connectivity index (χ0v) is 19.6. The van der Waals surface area contributed by atoms with Crippen molar-refractivity contribution in [2.24, 2.45) is 0 Å². The zero-order valence-electron chi connectivity index (χ0n) is 19.6. The summed E-state index contributed by atoms with van der Waals surface area (Å²) in [5.41, 5.74) is 3.04. The van der Waals surface area contributed by atoms with E-state index in [1.54, 1.807) is 43.3 Å². The molecule has 0 aromatic heterocycles. The maximum absolute atomic E-state index is 13.3. The summed E-state index contributed by atoms with van der Waals surface area (Å²) in [7, 11) is 0. The largest absolute Gasteiger partial charge is 0.508 e. The van der Waals surface area contributed by atoms with E-state index in [4.69, 9.17) is 4.74 Å². The van der Waals surface area contributed by atoms with Crippen LogP contribution in [-0.4, -0.2) is 34.5 Å². The number of aryl methyl sites for hydroxylation is 2. The van der Waals surface area contributed by atoms with E-state index in [0.717, 1.165) is 11.1 Å². The number of rotatable bonds is 5. The molecule has 0 spiro atoms. The minimum atomic E-state index is -0.979. The highest BCUT2D eigenvalue weighted by molar-refractivity contribution is 6.51. The quantitative estimate of drug-likeness (QED) is 0.239. The van der Waals surface area contributed by atoms with Crippen molar-refractivity contribution in [3.8, 4) is 5.75 Å². The third-order valence-corrected chi connectivity index (χ3v) is 5.94. The van der Waals surface area contributed by atoms with Gasteiger partial charge in [0.15, 0.2) is 0 Å². The summed E-state index contributed by atoms with van der Waals surface area (Å²) >= 11 is 0. The van der Waals surface area contributed by atoms with E-state index in [2.05, 4.69) is 0 Å². The molecule has 0 saturated carbocycles. The predicted octanol–water partition coefficient (Wildman–Crippen LogP) is 4.81. The van der Waals surface area contributed by atoms with E-state index in [9.17, 15) is 24.6 Å². The van der Waals surface area contributed by atoms with Gasteiger partial charge in [0, 0.05) is 11.3 Å². The molecule has 178 valence electrons. The van der Waals surface area contributed by atoms with Gasteiger partial charge in [0.25, 0.3) is 11.7 Å². The number of aliphatic hydroxyl groups is 1. The van der Waals surface area contributed by atoms with Crippen LogP contribution in [0.5, 0.6) is 5.75 Å². The summed E-state index contributed by atoms with van der Waals surface area (Å²) in [5, 5.41) is 21.1. The first kappa shape index (κ1) is 23.8. The van der Waals surface area contributed by atoms with Crippen molar-refractivity contribution in [2.75, 3.05) is 11.5 Å². The van der Waals surface area contributed by atoms with Crippen molar-refractivity contribution in [3.05, 3.63) is 100 Å². The smallest absolute Gasteiger partial charge is 0.338 e. The van der Waals surface area contributed by atoms with Crippen LogP contribution in [-0.2, 0) is 14.3 Å². The highest BCUT2D eigenvalue weighted by atomic mass is 16.5. The van der Waals surface area contributed by atoms with Gasteiger partial charge in [-0.25, -0.2) is 4.79 Å². The van der Waals surface area contributed by atoms with Crippen molar-refractivity contribution in [1.29, 1.82) is 0 Å². The van der Waals surface area contributed by atoms with E-state index >= 15 is 0 Å². The first-order valence-electron chi connectivity index (χ1n) is 11.2. The zero-order chi connectivity index (χ0) is 25.3. The number of Topliss-reactive ketones (excluding diaryl/α,β-unsaturated/α-hetero) is 1. The van der Waals surface area contributed by atoms with Gasteiger partial charge in [-0.3, -0.25) is 14.5 Å². The number of benzene rings is 3. The van der Waals surface area contributed by atoms with Gasteiger partial charge in [-0.05, 0) is 68.3 Å². The number of anilines is 1. The minimum Gasteiger partial charge on any atom is -0.508 e. The van der Waals surface area contributed by atoms with Crippen LogP contribution in [0.2, 0.25) is 0 Å². The lowest BCUT2D eigenvalue weighted by Gasteiger charge is -2.26. The molecule has 1 atom stereocenters. The Hall–Kier alpha value is -4.39. The predicted molar refractivity (Wildman–Crippen MR) is 131 cm³/mol. The summed E-state index contributed by atoms with van der Waals surface area (Å²) in [4.78, 5) is 40.2. The maximum Gasteiger partial charge on any atom is 0.338 e. The Labute approximate surface area is 202 Å². The Morgan fingerprint density at radius 1 is 1.00 bits per heavy atom. The first-order chi connectivity index (χ1) is 16.7. The molecule has 0 aliphatic carbocycles. The number of carbonyl (C=O) groups is 3. The molecule has 4 rings (SSSR count). The third kappa shape index (κ3) is 4.40. The number of aromatic hydroxyl groups is 1. The lowest BCUT2D eigenvalue weighted by molar-refractivity contribution is -0.132. The van der Waals surface area contributed by atoms with Gasteiger partial charge in [0.2, 0.25) is 0 Å². The van der Waals surface area contributed by atoms with Gasteiger partial charge in [-0.15, -0.1) is 0 Å². The molecular formula is C28H25NO6. The van der Waals surface area contributed by atoms with Crippen molar-refractivity contribution in [3.63, 3.8) is 0 Å². The maximum atomic E-state index is 13.3. The van der Waals surface area contributed by atoms with Crippen LogP contribution in [0.4, 0.5) is 5.69 Å². The van der Waals surface area contributed by atoms with Crippen molar-refractivity contribution in [1.82, 2.24) is 0 Å². The van der Waals surface area contributed by atoms with Gasteiger partial charge in [0.05, 0.1) is 23.8 Å². The van der Waals surface area contributed by atoms with Gasteiger partial charge < -0.3 is 14.9 Å². The second-order valence-corrected chi connectivity index (χ2v) is 8.35. The van der Waals surface area contributed by atoms with Crippen LogP contribution in [0.25, 0.3) is 5.76 Å². The van der Waals surface area contributed by atoms with Crippen molar-refractivity contribution in [2.45, 2.75) is 26.8 Å². The fraction of sp³-hybridized carbons (Fsp3) is 0.179. The molecule has 7 heteroatoms. The van der Waals surface area contributed by atoms with E-state index in [1.165, 1.54) is 23.1 Å². The molecule has 2 N–H and O–H groups in total. The highest BCUT2D eigenvalue weighted by Gasteiger charge is 2.47. The van der Waals surface area contributed by atoms with Gasteiger partial charge in [-0.2, -0.15) is 0 Å². The number of phenols is 1. The topological polar surface area (TPSA) is 104 Å². The molecule has 0 bridgehead atoms. The van der Waals surface area contributed by atoms with Crippen LogP contribution >= 0.6 is 0 Å². The van der Waals surface area contributed by atoms with E-state index < -0.39 is 23.7 Å². The van der Waals surface area contributed by atoms with Crippen LogP contribution in [0.1, 0.15) is 45.6 Å². The molecule has 1 heterocycles. The Morgan fingerprint density at radius 2 is 1.71 bits per heavy atom. The number of phenolic OH excluding ortho intramolecular Hbond substituents is 1. The highest BCUT2D eigenvalue weighted by Crippen LogP contribution is 2.43. The summed E-state index contributed by atoms with van der Waals surface area (Å²) in [6.45, 7) is 5.56. The second-order valence-electron chi connectivity index (χ2n) is 8.35. The molecule has 35 heavy (non-hydrogen) atoms. The fourth-order valence-electron chi connectivity index (χ4n) is 4.20. The summed E-state index contributed by atoms with van der Waals surface area (Å²) in [6.07, 6.45) is 0. The number of aliphatic hydroxyl groups excluding tert-OH is 1. The number of hydrogen-bond donors (Lipinski definition) is 2. The number of esters is 1. The number of hydrogen-bond acceptors (Lipinski definition) is 6. The minimum absolute atomic E-state index is 0.0181. The van der Waals surface area contributed by atoms with Gasteiger partial charge in [0.1, 0.15) is 11.5 Å². The Balaban J connectivity index is 1.94. The number of nitrogens with zero attached hydrogens (tertiary/aromatic N) is 1. The molecule has 1 saturated heterocycles. The summed E-state index contributed by atoms with van der Waals surface area (Å²) in [5.74, 6) is -2.50. The normalized spacial score (nSPS) is 17.0. The van der Waals surface area contributed by atoms with Crippen molar-refractivity contribution < 1.29 is 29.3 Å². The lowest BCUT2D eigenvalue weighted by Crippen LogP contribution is -2.29. The average Bonchev–Trinajstić information content (AvgIpc) is 3.11. The number of ketones is 1. The number of ether oxygens (including phenoxy) is 1. The molecule has 3 aromatic rings. The van der Waals surface area contributed by atoms with E-state index in [0.29, 0.717) is 16.8 Å². The average molecular weight is 472 g/mol. The molecule has 1 aliphatic heterocycles.